The molecule has 0 saturated carbocycles. The second-order valence-corrected chi connectivity index (χ2v) is 3.53. The lowest BCUT2D eigenvalue weighted by molar-refractivity contribution is -0.325. The minimum atomic E-state index is -7.24. The maximum atomic E-state index is 12.7. The zero-order valence-electron chi connectivity index (χ0n) is 9.15. The van der Waals surface area contributed by atoms with E-state index in [2.05, 4.69) is 0 Å². The number of allylic oxidation sites excluding steroid dienone is 1. The average Bonchev–Trinajstić information content (AvgIpc) is 2.34. The van der Waals surface area contributed by atoms with Gasteiger partial charge in [0.25, 0.3) is 6.43 Å². The van der Waals surface area contributed by atoms with Crippen LogP contribution >= 0.6 is 0 Å². The first kappa shape index (κ1) is 19.8. The molecule has 0 aliphatic carbocycles. The first-order valence-electron chi connectivity index (χ1n) is 4.53. The van der Waals surface area contributed by atoms with Crippen LogP contribution in [0.3, 0.4) is 0 Å². The highest BCUT2D eigenvalue weighted by Crippen LogP contribution is 2.53. The van der Waals surface area contributed by atoms with Crippen molar-refractivity contribution in [2.75, 3.05) is 0 Å². The van der Waals surface area contributed by atoms with Gasteiger partial charge in [0.05, 0.1) is 0 Å². The van der Waals surface area contributed by atoms with Gasteiger partial charge in [0.15, 0.2) is 6.17 Å². The van der Waals surface area contributed by atoms with Gasteiger partial charge in [-0.05, 0) is 0 Å². The number of alkyl halides is 10. The summed E-state index contributed by atoms with van der Waals surface area (Å²) >= 11 is 0. The molecule has 0 nitrogen and oxygen atoms in total. The van der Waals surface area contributed by atoms with Gasteiger partial charge in [0.2, 0.25) is 12.0 Å². The first-order valence-corrected chi connectivity index (χ1v) is 4.53. The van der Waals surface area contributed by atoms with E-state index in [0.29, 0.717) is 0 Å². The topological polar surface area (TPSA) is 0 Å². The summed E-state index contributed by atoms with van der Waals surface area (Å²) in [7, 11) is 0. The van der Waals surface area contributed by atoms with Crippen molar-refractivity contribution in [2.24, 2.45) is 0 Å². The smallest absolute Gasteiger partial charge is 0.238 e. The Morgan fingerprint density at radius 2 is 1.10 bits per heavy atom. The van der Waals surface area contributed by atoms with Gasteiger partial charge in [0.1, 0.15) is 0 Å². The van der Waals surface area contributed by atoms with Gasteiger partial charge in [-0.3, -0.25) is 0 Å². The monoisotopic (exact) mass is 346 g/mol. The van der Waals surface area contributed by atoms with Gasteiger partial charge in [0, 0.05) is 0 Å². The fourth-order valence-corrected chi connectivity index (χ4v) is 0.967. The van der Waals surface area contributed by atoms with Gasteiger partial charge in [-0.1, -0.05) is 0 Å². The molecule has 126 valence electrons. The van der Waals surface area contributed by atoms with Crippen LogP contribution in [0, 0.1) is 0 Å². The normalized spacial score (nSPS) is 16.9. The fourth-order valence-electron chi connectivity index (χ4n) is 0.967. The minimum Gasteiger partial charge on any atom is -0.238 e. The quantitative estimate of drug-likeness (QED) is 0.600. The molecule has 0 aliphatic rings. The van der Waals surface area contributed by atoms with Crippen LogP contribution in [0.2, 0.25) is 0 Å². The van der Waals surface area contributed by atoms with Crippen molar-refractivity contribution < 1.29 is 57.1 Å². The molecule has 2 unspecified atom stereocenters. The van der Waals surface area contributed by atoms with Crippen LogP contribution < -0.4 is 0 Å². The Kier molecular flexibility index (Phi) is 5.58. The van der Waals surface area contributed by atoms with Crippen molar-refractivity contribution in [1.82, 2.24) is 0 Å². The molecule has 0 aromatic carbocycles. The molecule has 0 N–H and O–H groups in total. The Bertz CT molecular complexity index is 393. The van der Waals surface area contributed by atoms with E-state index in [9.17, 15) is 57.1 Å². The number of hydrogen-bond acceptors (Lipinski definition) is 0. The van der Waals surface area contributed by atoms with E-state index >= 15 is 0 Å². The summed E-state index contributed by atoms with van der Waals surface area (Å²) in [6, 6.07) is 0. The van der Waals surface area contributed by atoms with Crippen LogP contribution in [-0.2, 0) is 0 Å². The van der Waals surface area contributed by atoms with Crippen molar-refractivity contribution in [3.8, 4) is 0 Å². The van der Waals surface area contributed by atoms with Gasteiger partial charge in [-0.15, -0.1) is 0 Å². The van der Waals surface area contributed by atoms with Crippen LogP contribution in [-0.4, -0.2) is 36.5 Å². The Labute approximate surface area is 107 Å². The third-order valence-corrected chi connectivity index (χ3v) is 2.12. The lowest BCUT2D eigenvalue weighted by atomic mass is 9.97. The zero-order valence-corrected chi connectivity index (χ0v) is 9.15. The van der Waals surface area contributed by atoms with Gasteiger partial charge in [-0.2, -0.15) is 39.5 Å². The molecule has 0 bridgehead atoms. The molecule has 0 radical (unpaired) electrons. The molecule has 13 heteroatoms. The van der Waals surface area contributed by atoms with Crippen molar-refractivity contribution >= 4 is 0 Å². The summed E-state index contributed by atoms with van der Waals surface area (Å²) in [6.07, 6.45) is -18.6. The Morgan fingerprint density at radius 3 is 1.38 bits per heavy atom. The predicted molar refractivity (Wildman–Crippen MR) is 41.0 cm³/mol. The van der Waals surface area contributed by atoms with Crippen LogP contribution in [0.25, 0.3) is 0 Å². The highest BCUT2D eigenvalue weighted by atomic mass is 19.4. The molecule has 0 aromatic rings. The maximum absolute atomic E-state index is 12.7. The highest BCUT2D eigenvalue weighted by molar-refractivity contribution is 5.16. The minimum absolute atomic E-state index is 4.13. The highest BCUT2D eigenvalue weighted by Gasteiger charge is 2.78. The SMILES string of the molecule is FC(F)=C(F)C(F)(F)C(F)(F)C(F)(F)C(F)C(F)C(F)F. The van der Waals surface area contributed by atoms with E-state index in [1.165, 1.54) is 0 Å². The summed E-state index contributed by atoms with van der Waals surface area (Å²) in [6.45, 7) is 0. The van der Waals surface area contributed by atoms with Crippen molar-refractivity contribution in [1.29, 1.82) is 0 Å². The molecule has 0 aliphatic heterocycles. The second kappa shape index (κ2) is 5.91. The maximum Gasteiger partial charge on any atom is 0.382 e. The summed E-state index contributed by atoms with van der Waals surface area (Å²) in [5.41, 5.74) is 0. The van der Waals surface area contributed by atoms with E-state index in [-0.39, 0.29) is 0 Å². The molecule has 0 heterocycles. The number of rotatable bonds is 6. The molecular weight excluding hydrogens is 343 g/mol. The van der Waals surface area contributed by atoms with Crippen LogP contribution in [0.15, 0.2) is 11.9 Å². The molecule has 0 saturated heterocycles. The molecule has 0 aromatic heterocycles. The Morgan fingerprint density at radius 1 is 0.714 bits per heavy atom. The third kappa shape index (κ3) is 3.20. The van der Waals surface area contributed by atoms with Crippen LogP contribution in [0.5, 0.6) is 0 Å². The van der Waals surface area contributed by atoms with E-state index < -0.39 is 48.4 Å². The van der Waals surface area contributed by atoms with Crippen molar-refractivity contribution in [2.45, 2.75) is 36.5 Å². The Hall–Kier alpha value is -1.17. The predicted octanol–water partition coefficient (Wildman–Crippen LogP) is 4.91. The van der Waals surface area contributed by atoms with Crippen molar-refractivity contribution in [3.05, 3.63) is 11.9 Å². The first-order chi connectivity index (χ1) is 9.12. The van der Waals surface area contributed by atoms with Crippen LogP contribution in [0.4, 0.5) is 57.1 Å². The van der Waals surface area contributed by atoms with E-state index in [1.807, 2.05) is 0 Å². The number of halogens is 13. The van der Waals surface area contributed by atoms with Crippen molar-refractivity contribution in [3.63, 3.8) is 0 Å². The molecule has 21 heavy (non-hydrogen) atoms. The zero-order chi connectivity index (χ0) is 17.4. The summed E-state index contributed by atoms with van der Waals surface area (Å²) in [5, 5.41) is 0. The van der Waals surface area contributed by atoms with E-state index in [0.717, 1.165) is 0 Å². The largest absolute Gasteiger partial charge is 0.382 e. The molecule has 2 atom stereocenters. The lowest BCUT2D eigenvalue weighted by Gasteiger charge is -2.34. The fraction of sp³-hybridized carbons (Fsp3) is 0.750. The molecule has 0 spiro atoms. The van der Waals surface area contributed by atoms with E-state index in [1.54, 1.807) is 0 Å². The van der Waals surface area contributed by atoms with Gasteiger partial charge >= 0.3 is 23.8 Å². The Balaban J connectivity index is 5.83. The average molecular weight is 346 g/mol. The molecule has 0 rings (SSSR count). The summed E-state index contributed by atoms with van der Waals surface area (Å²) in [5.74, 6) is -25.4. The van der Waals surface area contributed by atoms with Gasteiger partial charge in [-0.25, -0.2) is 17.6 Å². The third-order valence-electron chi connectivity index (χ3n) is 2.12. The summed E-state index contributed by atoms with van der Waals surface area (Å²) < 4.78 is 159. The second-order valence-electron chi connectivity index (χ2n) is 3.53. The van der Waals surface area contributed by atoms with E-state index in [4.69, 9.17) is 0 Å². The lowest BCUT2D eigenvalue weighted by Crippen LogP contribution is -2.61. The molecular formula is C8H3F13. The summed E-state index contributed by atoms with van der Waals surface area (Å²) in [4.78, 5) is 0. The number of hydrogen-bond donors (Lipinski definition) is 0. The van der Waals surface area contributed by atoms with Gasteiger partial charge < -0.3 is 0 Å². The standard InChI is InChI=1S/C8H3F13/c9-1(4(12)13)2(10)6(16,17)8(20,21)7(18,19)3(11)5(14)15/h1-2,4H. The molecule has 0 amide bonds. The van der Waals surface area contributed by atoms with Crippen LogP contribution in [0.1, 0.15) is 0 Å². The molecule has 0 fully saturated rings.